The molecule has 3 nitrogen and oxygen atoms in total. The van der Waals surface area contributed by atoms with Gasteiger partial charge in [0, 0.05) is 17.9 Å². The average Bonchev–Trinajstić information content (AvgIpc) is 2.74. The van der Waals surface area contributed by atoms with E-state index in [0.29, 0.717) is 0 Å². The summed E-state index contributed by atoms with van der Waals surface area (Å²) in [5.41, 5.74) is 2.39. The van der Waals surface area contributed by atoms with Gasteiger partial charge in [-0.2, -0.15) is 0 Å². The van der Waals surface area contributed by atoms with Crippen molar-refractivity contribution < 1.29 is 4.74 Å². The number of aryl methyl sites for hydroxylation is 1. The van der Waals surface area contributed by atoms with Crippen LogP contribution in [0.15, 0.2) is 0 Å². The minimum atomic E-state index is -0.220. The second-order valence-electron chi connectivity index (χ2n) is 6.40. The number of hydrogen-bond donors (Lipinski definition) is 1. The number of nitrogens with one attached hydrogen (secondary N) is 1. The number of H-pyrrole nitrogens is 1. The van der Waals surface area contributed by atoms with Crippen molar-refractivity contribution in [3.8, 4) is 0 Å². The second kappa shape index (κ2) is 6.57. The molecular weight excluding hydrogens is 280 g/mol. The Hall–Kier alpha value is -0.740. The highest BCUT2D eigenvalue weighted by Crippen LogP contribution is 2.39. The second-order valence-corrected chi connectivity index (χ2v) is 6.78. The van der Waals surface area contributed by atoms with Crippen LogP contribution in [0.4, 0.5) is 0 Å². The number of rotatable bonds is 3. The van der Waals surface area contributed by atoms with Crippen molar-refractivity contribution >= 4 is 12.2 Å². The fourth-order valence-electron chi connectivity index (χ4n) is 3.86. The summed E-state index contributed by atoms with van der Waals surface area (Å²) in [6.07, 6.45) is 11.9. The van der Waals surface area contributed by atoms with Gasteiger partial charge < -0.3 is 9.72 Å². The highest BCUT2D eigenvalue weighted by Gasteiger charge is 2.37. The molecule has 1 aromatic rings. The standard InChI is InChI=1S/C17H26N2OS/c1-2-20-17(11-7-4-8-12-17)16-18-14-10-6-3-5-9-13(14)15(21)19-16/h2-12H2,1H3,(H,18,19,21). The van der Waals surface area contributed by atoms with Crippen LogP contribution in [0, 0.1) is 4.64 Å². The van der Waals surface area contributed by atoms with Gasteiger partial charge >= 0.3 is 0 Å². The third kappa shape index (κ3) is 3.07. The molecule has 21 heavy (non-hydrogen) atoms. The summed E-state index contributed by atoms with van der Waals surface area (Å²) in [7, 11) is 0. The maximum Gasteiger partial charge on any atom is 0.140 e. The van der Waals surface area contributed by atoms with Crippen LogP contribution in [0.25, 0.3) is 0 Å². The van der Waals surface area contributed by atoms with Crippen LogP contribution in [0.1, 0.15) is 75.4 Å². The zero-order valence-corrected chi connectivity index (χ0v) is 13.9. The molecular formula is C17H26N2OS. The lowest BCUT2D eigenvalue weighted by molar-refractivity contribution is -0.0769. The molecule has 0 saturated heterocycles. The quantitative estimate of drug-likeness (QED) is 0.655. The van der Waals surface area contributed by atoms with E-state index in [0.717, 1.165) is 42.8 Å². The maximum atomic E-state index is 6.19. The Labute approximate surface area is 132 Å². The number of fused-ring (bicyclic) bond motifs is 1. The molecule has 0 spiro atoms. The summed E-state index contributed by atoms with van der Waals surface area (Å²) in [6, 6.07) is 0. The number of nitrogens with zero attached hydrogens (tertiary/aromatic N) is 1. The highest BCUT2D eigenvalue weighted by molar-refractivity contribution is 7.71. The van der Waals surface area contributed by atoms with Gasteiger partial charge in [0.25, 0.3) is 0 Å². The van der Waals surface area contributed by atoms with Crippen LogP contribution in [0.2, 0.25) is 0 Å². The van der Waals surface area contributed by atoms with Gasteiger partial charge in [-0.25, -0.2) is 4.98 Å². The van der Waals surface area contributed by atoms with Gasteiger partial charge in [-0.1, -0.05) is 37.9 Å². The summed E-state index contributed by atoms with van der Waals surface area (Å²) in [4.78, 5) is 8.42. The monoisotopic (exact) mass is 306 g/mol. The predicted molar refractivity (Wildman–Crippen MR) is 87.1 cm³/mol. The molecule has 4 heteroatoms. The smallest absolute Gasteiger partial charge is 0.140 e. The zero-order chi connectivity index (χ0) is 14.7. The van der Waals surface area contributed by atoms with Gasteiger partial charge in [-0.15, -0.1) is 0 Å². The first-order chi connectivity index (χ1) is 10.2. The van der Waals surface area contributed by atoms with E-state index in [9.17, 15) is 0 Å². The van der Waals surface area contributed by atoms with E-state index in [4.69, 9.17) is 21.9 Å². The van der Waals surface area contributed by atoms with Crippen molar-refractivity contribution in [3.05, 3.63) is 21.7 Å². The first kappa shape index (κ1) is 15.2. The van der Waals surface area contributed by atoms with Gasteiger partial charge in [-0.3, -0.25) is 0 Å². The number of aromatic nitrogens is 2. The molecule has 0 atom stereocenters. The minimum absolute atomic E-state index is 0.220. The topological polar surface area (TPSA) is 37.9 Å². The zero-order valence-electron chi connectivity index (χ0n) is 13.0. The van der Waals surface area contributed by atoms with Crippen molar-refractivity contribution in [1.82, 2.24) is 9.97 Å². The number of aromatic amines is 1. The first-order valence-electron chi connectivity index (χ1n) is 8.52. The van der Waals surface area contributed by atoms with Crippen molar-refractivity contribution in [2.45, 2.75) is 76.7 Å². The van der Waals surface area contributed by atoms with Gasteiger partial charge in [-0.05, 0) is 45.4 Å². The van der Waals surface area contributed by atoms with E-state index in [2.05, 4.69) is 11.9 Å². The SMILES string of the molecule is CCOC1(c2nc(=S)c3c([nH]2)CCCCC3)CCCCC1. The van der Waals surface area contributed by atoms with Gasteiger partial charge in [0.1, 0.15) is 16.1 Å². The van der Waals surface area contributed by atoms with Crippen molar-refractivity contribution in [3.63, 3.8) is 0 Å². The Bertz CT molecular complexity index is 541. The molecule has 0 radical (unpaired) electrons. The van der Waals surface area contributed by atoms with Crippen LogP contribution in [0.3, 0.4) is 0 Å². The molecule has 2 aliphatic rings. The van der Waals surface area contributed by atoms with Gasteiger partial charge in [0.15, 0.2) is 0 Å². The number of ether oxygens (including phenoxy) is 1. The van der Waals surface area contributed by atoms with E-state index < -0.39 is 0 Å². The molecule has 0 aliphatic heterocycles. The van der Waals surface area contributed by atoms with Crippen molar-refractivity contribution in [2.24, 2.45) is 0 Å². The van der Waals surface area contributed by atoms with Crippen LogP contribution in [-0.4, -0.2) is 16.6 Å². The lowest BCUT2D eigenvalue weighted by Gasteiger charge is -2.36. The van der Waals surface area contributed by atoms with Crippen LogP contribution in [0.5, 0.6) is 0 Å². The molecule has 0 aromatic carbocycles. The van der Waals surface area contributed by atoms with Crippen LogP contribution < -0.4 is 0 Å². The lowest BCUT2D eigenvalue weighted by Crippen LogP contribution is -2.35. The fraction of sp³-hybridized carbons (Fsp3) is 0.765. The molecule has 0 bridgehead atoms. The molecule has 0 unspecified atom stereocenters. The average molecular weight is 306 g/mol. The third-order valence-electron chi connectivity index (χ3n) is 4.97. The van der Waals surface area contributed by atoms with E-state index in [1.165, 1.54) is 49.8 Å². The van der Waals surface area contributed by atoms with Crippen molar-refractivity contribution in [1.29, 1.82) is 0 Å². The molecule has 0 amide bonds. The van der Waals surface area contributed by atoms with E-state index >= 15 is 0 Å². The number of hydrogen-bond acceptors (Lipinski definition) is 3. The Morgan fingerprint density at radius 2 is 1.81 bits per heavy atom. The molecule has 116 valence electrons. The molecule has 1 fully saturated rings. The minimum Gasteiger partial charge on any atom is -0.367 e. The van der Waals surface area contributed by atoms with E-state index in [1.807, 2.05) is 0 Å². The summed E-state index contributed by atoms with van der Waals surface area (Å²) < 4.78 is 7.00. The Morgan fingerprint density at radius 1 is 1.10 bits per heavy atom. The van der Waals surface area contributed by atoms with E-state index in [-0.39, 0.29) is 5.60 Å². The normalized spacial score (nSPS) is 21.6. The molecule has 1 aromatic heterocycles. The van der Waals surface area contributed by atoms with E-state index in [1.54, 1.807) is 0 Å². The third-order valence-corrected chi connectivity index (χ3v) is 5.31. The molecule has 1 heterocycles. The molecule has 2 aliphatic carbocycles. The summed E-state index contributed by atoms with van der Waals surface area (Å²) in [6.45, 7) is 2.81. The van der Waals surface area contributed by atoms with Gasteiger partial charge in [0.05, 0.1) is 0 Å². The lowest BCUT2D eigenvalue weighted by atomic mass is 9.83. The largest absolute Gasteiger partial charge is 0.367 e. The molecule has 1 N–H and O–H groups in total. The maximum absolute atomic E-state index is 6.19. The first-order valence-corrected chi connectivity index (χ1v) is 8.92. The summed E-state index contributed by atoms with van der Waals surface area (Å²) >= 11 is 5.60. The summed E-state index contributed by atoms with van der Waals surface area (Å²) in [5, 5.41) is 0. The highest BCUT2D eigenvalue weighted by atomic mass is 32.1. The molecule has 1 saturated carbocycles. The fourth-order valence-corrected chi connectivity index (χ4v) is 4.18. The van der Waals surface area contributed by atoms with Gasteiger partial charge in [0.2, 0.25) is 0 Å². The van der Waals surface area contributed by atoms with Crippen molar-refractivity contribution in [2.75, 3.05) is 6.61 Å². The Morgan fingerprint density at radius 3 is 2.57 bits per heavy atom. The van der Waals surface area contributed by atoms with Crippen LogP contribution >= 0.6 is 12.2 Å². The molecule has 3 rings (SSSR count). The predicted octanol–water partition coefficient (Wildman–Crippen LogP) is 4.60. The summed E-state index contributed by atoms with van der Waals surface area (Å²) in [5.74, 6) is 0.995. The Kier molecular flexibility index (Phi) is 4.75. The van der Waals surface area contributed by atoms with Crippen LogP contribution in [-0.2, 0) is 23.2 Å². The Balaban J connectivity index is 2.02.